The number of rotatable bonds is 2. The average Bonchev–Trinajstić information content (AvgIpc) is 2.51. The summed E-state index contributed by atoms with van der Waals surface area (Å²) in [7, 11) is 2.89. The third kappa shape index (κ3) is 1.11. The lowest BCUT2D eigenvalue weighted by Gasteiger charge is -2.24. The molecule has 15 heavy (non-hydrogen) atoms. The van der Waals surface area contributed by atoms with Crippen molar-refractivity contribution >= 4 is 11.4 Å². The van der Waals surface area contributed by atoms with Gasteiger partial charge in [-0.15, -0.1) is 0 Å². The highest BCUT2D eigenvalue weighted by Gasteiger charge is 2.49. The van der Waals surface area contributed by atoms with Crippen LogP contribution in [-0.4, -0.2) is 25.8 Å². The van der Waals surface area contributed by atoms with Gasteiger partial charge in [0, 0.05) is 25.4 Å². The van der Waals surface area contributed by atoms with E-state index in [-0.39, 0.29) is 5.78 Å². The number of ketones is 1. The van der Waals surface area contributed by atoms with Crippen LogP contribution in [-0.2, 0) is 9.47 Å². The minimum absolute atomic E-state index is 0.187. The SMILES string of the molecule is C=C1c2ccccc2C(=O)C1(OC)OC. The Kier molecular flexibility index (Phi) is 2.21. The van der Waals surface area contributed by atoms with E-state index in [1.807, 2.05) is 18.2 Å². The van der Waals surface area contributed by atoms with Crippen LogP contribution < -0.4 is 0 Å². The topological polar surface area (TPSA) is 35.5 Å². The monoisotopic (exact) mass is 204 g/mol. The Morgan fingerprint density at radius 1 is 1.13 bits per heavy atom. The van der Waals surface area contributed by atoms with E-state index in [2.05, 4.69) is 6.58 Å². The van der Waals surface area contributed by atoms with Crippen LogP contribution in [0.2, 0.25) is 0 Å². The van der Waals surface area contributed by atoms with Gasteiger partial charge in [0.25, 0.3) is 5.79 Å². The molecule has 0 aliphatic heterocycles. The molecular formula is C12H12O3. The maximum absolute atomic E-state index is 12.1. The van der Waals surface area contributed by atoms with Gasteiger partial charge in [-0.3, -0.25) is 4.79 Å². The van der Waals surface area contributed by atoms with Gasteiger partial charge in [-0.2, -0.15) is 0 Å². The van der Waals surface area contributed by atoms with Crippen molar-refractivity contribution < 1.29 is 14.3 Å². The molecule has 1 aromatic rings. The van der Waals surface area contributed by atoms with Crippen LogP contribution in [0.15, 0.2) is 30.8 Å². The van der Waals surface area contributed by atoms with Crippen molar-refractivity contribution in [2.24, 2.45) is 0 Å². The van der Waals surface area contributed by atoms with Crippen LogP contribution in [0.1, 0.15) is 15.9 Å². The molecule has 0 N–H and O–H groups in total. The second-order valence-corrected chi connectivity index (χ2v) is 3.38. The first-order chi connectivity index (χ1) is 7.17. The van der Waals surface area contributed by atoms with E-state index >= 15 is 0 Å². The second-order valence-electron chi connectivity index (χ2n) is 3.38. The van der Waals surface area contributed by atoms with Gasteiger partial charge in [0.15, 0.2) is 0 Å². The molecule has 0 unspecified atom stereocenters. The number of hydrogen-bond acceptors (Lipinski definition) is 3. The average molecular weight is 204 g/mol. The first kappa shape index (κ1) is 10.1. The molecule has 0 saturated carbocycles. The van der Waals surface area contributed by atoms with Gasteiger partial charge < -0.3 is 9.47 Å². The van der Waals surface area contributed by atoms with E-state index in [1.54, 1.807) is 6.07 Å². The van der Waals surface area contributed by atoms with Gasteiger partial charge in [0.05, 0.1) is 0 Å². The number of hydrogen-bond donors (Lipinski definition) is 0. The summed E-state index contributed by atoms with van der Waals surface area (Å²) >= 11 is 0. The summed E-state index contributed by atoms with van der Waals surface area (Å²) in [5.41, 5.74) is 1.96. The summed E-state index contributed by atoms with van der Waals surface area (Å²) < 4.78 is 10.4. The number of methoxy groups -OCH3 is 2. The summed E-state index contributed by atoms with van der Waals surface area (Å²) in [6.45, 7) is 3.87. The smallest absolute Gasteiger partial charge is 0.260 e. The minimum atomic E-state index is -1.33. The Morgan fingerprint density at radius 3 is 2.13 bits per heavy atom. The quantitative estimate of drug-likeness (QED) is 0.690. The van der Waals surface area contributed by atoms with Crippen LogP contribution in [0.25, 0.3) is 5.57 Å². The maximum atomic E-state index is 12.1. The zero-order valence-corrected chi connectivity index (χ0v) is 8.74. The van der Waals surface area contributed by atoms with Crippen molar-refractivity contribution in [1.82, 2.24) is 0 Å². The number of Topliss-reactive ketones (excluding diaryl/α,β-unsaturated/α-hetero) is 1. The first-order valence-electron chi connectivity index (χ1n) is 4.61. The summed E-state index contributed by atoms with van der Waals surface area (Å²) in [5, 5.41) is 0. The molecule has 2 rings (SSSR count). The van der Waals surface area contributed by atoms with Crippen molar-refractivity contribution in [3.8, 4) is 0 Å². The highest BCUT2D eigenvalue weighted by molar-refractivity contribution is 6.18. The Bertz CT molecular complexity index is 393. The number of ether oxygens (including phenoxy) is 2. The van der Waals surface area contributed by atoms with Gasteiger partial charge in [-0.25, -0.2) is 0 Å². The fourth-order valence-electron chi connectivity index (χ4n) is 1.95. The number of benzene rings is 1. The molecule has 0 spiro atoms. The van der Waals surface area contributed by atoms with Crippen LogP contribution in [0.5, 0.6) is 0 Å². The molecule has 3 heteroatoms. The van der Waals surface area contributed by atoms with E-state index in [1.165, 1.54) is 14.2 Å². The van der Waals surface area contributed by atoms with E-state index in [0.29, 0.717) is 11.1 Å². The Labute approximate surface area is 88.3 Å². The fraction of sp³-hybridized carbons (Fsp3) is 0.250. The van der Waals surface area contributed by atoms with Crippen molar-refractivity contribution in [2.45, 2.75) is 5.79 Å². The van der Waals surface area contributed by atoms with Gasteiger partial charge in [0.2, 0.25) is 5.78 Å². The molecule has 3 nitrogen and oxygen atoms in total. The van der Waals surface area contributed by atoms with Crippen molar-refractivity contribution in [3.63, 3.8) is 0 Å². The lowest BCUT2D eigenvalue weighted by molar-refractivity contribution is -0.124. The largest absolute Gasteiger partial charge is 0.343 e. The Balaban J connectivity index is 2.63. The van der Waals surface area contributed by atoms with Crippen LogP contribution >= 0.6 is 0 Å². The summed E-state index contributed by atoms with van der Waals surface area (Å²) in [6.07, 6.45) is 0. The number of fused-ring (bicyclic) bond motifs is 1. The van der Waals surface area contributed by atoms with Crippen LogP contribution in [0.3, 0.4) is 0 Å². The second kappa shape index (κ2) is 3.29. The van der Waals surface area contributed by atoms with Gasteiger partial charge >= 0.3 is 0 Å². The predicted molar refractivity (Wildman–Crippen MR) is 56.6 cm³/mol. The number of carbonyl (C=O) groups is 1. The zero-order chi connectivity index (χ0) is 11.1. The third-order valence-electron chi connectivity index (χ3n) is 2.77. The molecule has 0 aromatic heterocycles. The van der Waals surface area contributed by atoms with E-state index in [4.69, 9.17) is 9.47 Å². The van der Waals surface area contributed by atoms with Gasteiger partial charge in [-0.1, -0.05) is 30.8 Å². The lowest BCUT2D eigenvalue weighted by Crippen LogP contribution is -2.39. The van der Waals surface area contributed by atoms with Gasteiger partial charge in [-0.05, 0) is 5.56 Å². The molecule has 0 saturated heterocycles. The molecule has 1 aliphatic carbocycles. The molecule has 0 atom stereocenters. The third-order valence-corrected chi connectivity index (χ3v) is 2.77. The molecule has 1 aliphatic rings. The molecule has 0 fully saturated rings. The molecule has 0 bridgehead atoms. The zero-order valence-electron chi connectivity index (χ0n) is 8.74. The molecule has 1 aromatic carbocycles. The standard InChI is InChI=1S/C12H12O3/c1-8-9-6-4-5-7-10(9)11(13)12(8,14-2)15-3/h4-7H,1H2,2-3H3. The van der Waals surface area contributed by atoms with Crippen molar-refractivity contribution in [2.75, 3.05) is 14.2 Å². The normalized spacial score (nSPS) is 18.0. The van der Waals surface area contributed by atoms with E-state index < -0.39 is 5.79 Å². The maximum Gasteiger partial charge on any atom is 0.260 e. The minimum Gasteiger partial charge on any atom is -0.343 e. The summed E-state index contributed by atoms with van der Waals surface area (Å²) in [4.78, 5) is 12.1. The lowest BCUT2D eigenvalue weighted by atomic mass is 10.1. The van der Waals surface area contributed by atoms with E-state index in [9.17, 15) is 4.79 Å². The Hall–Kier alpha value is -1.45. The highest BCUT2D eigenvalue weighted by Crippen LogP contribution is 2.41. The predicted octanol–water partition coefficient (Wildman–Crippen LogP) is 1.89. The molecule has 0 heterocycles. The molecule has 78 valence electrons. The van der Waals surface area contributed by atoms with Crippen LogP contribution in [0, 0.1) is 0 Å². The highest BCUT2D eigenvalue weighted by atomic mass is 16.7. The fourth-order valence-corrected chi connectivity index (χ4v) is 1.95. The number of carbonyl (C=O) groups excluding carboxylic acids is 1. The summed E-state index contributed by atoms with van der Waals surface area (Å²) in [6, 6.07) is 7.27. The van der Waals surface area contributed by atoms with E-state index in [0.717, 1.165) is 5.56 Å². The first-order valence-corrected chi connectivity index (χ1v) is 4.61. The van der Waals surface area contributed by atoms with Crippen molar-refractivity contribution in [1.29, 1.82) is 0 Å². The van der Waals surface area contributed by atoms with Crippen molar-refractivity contribution in [3.05, 3.63) is 42.0 Å². The van der Waals surface area contributed by atoms with Gasteiger partial charge in [0.1, 0.15) is 0 Å². The Morgan fingerprint density at radius 2 is 1.67 bits per heavy atom. The summed E-state index contributed by atoms with van der Waals surface area (Å²) in [5.74, 6) is -1.52. The molecular weight excluding hydrogens is 192 g/mol. The molecule has 0 amide bonds. The van der Waals surface area contributed by atoms with Crippen LogP contribution in [0.4, 0.5) is 0 Å². The molecule has 0 radical (unpaired) electrons.